The van der Waals surface area contributed by atoms with Gasteiger partial charge in [0.1, 0.15) is 22.3 Å². The van der Waals surface area contributed by atoms with Crippen molar-refractivity contribution in [1.82, 2.24) is 24.7 Å². The highest BCUT2D eigenvalue weighted by molar-refractivity contribution is 7.99. The third-order valence-electron chi connectivity index (χ3n) is 4.66. The van der Waals surface area contributed by atoms with Crippen LogP contribution in [0.1, 0.15) is 54.5 Å². The van der Waals surface area contributed by atoms with Crippen LogP contribution < -0.4 is 11.5 Å². The van der Waals surface area contributed by atoms with Gasteiger partial charge >= 0.3 is 0 Å². The molecule has 3 heterocycles. The fraction of sp³-hybridized carbons (Fsp3) is 0.526. The van der Waals surface area contributed by atoms with Crippen LogP contribution in [0.15, 0.2) is 5.16 Å². The van der Waals surface area contributed by atoms with Gasteiger partial charge in [-0.15, -0.1) is 21.5 Å². The summed E-state index contributed by atoms with van der Waals surface area (Å²) in [5.74, 6) is 2.04. The van der Waals surface area contributed by atoms with Crippen LogP contribution in [0.5, 0.6) is 0 Å². The number of fused-ring (bicyclic) bond motifs is 1. The first kappa shape index (κ1) is 21.5. The van der Waals surface area contributed by atoms with Crippen LogP contribution in [-0.2, 0) is 17.8 Å². The molecule has 1 atom stereocenters. The number of thioether (sulfide) groups is 1. The van der Waals surface area contributed by atoms with Crippen molar-refractivity contribution >= 4 is 45.0 Å². The summed E-state index contributed by atoms with van der Waals surface area (Å²) in [6.45, 7) is 11.2. The van der Waals surface area contributed by atoms with Crippen molar-refractivity contribution < 1.29 is 4.79 Å². The lowest BCUT2D eigenvalue weighted by Crippen LogP contribution is -2.15. The summed E-state index contributed by atoms with van der Waals surface area (Å²) in [6, 6.07) is 0. The first-order valence-corrected chi connectivity index (χ1v) is 11.3. The summed E-state index contributed by atoms with van der Waals surface area (Å²) in [7, 11) is 0. The van der Waals surface area contributed by atoms with Gasteiger partial charge in [0.2, 0.25) is 5.91 Å². The van der Waals surface area contributed by atoms with Gasteiger partial charge in [-0.25, -0.2) is 9.97 Å². The molecule has 1 amide bonds. The normalized spacial score (nSPS) is 12.8. The van der Waals surface area contributed by atoms with Crippen molar-refractivity contribution in [2.45, 2.75) is 64.4 Å². The molecule has 0 aliphatic carbocycles. The Hall–Kier alpha value is -2.20. The molecule has 0 saturated carbocycles. The molecule has 3 aromatic rings. The predicted molar refractivity (Wildman–Crippen MR) is 118 cm³/mol. The minimum atomic E-state index is -0.342. The number of amides is 1. The second-order valence-electron chi connectivity index (χ2n) is 7.56. The Balaban J connectivity index is 1.89. The Kier molecular flexibility index (Phi) is 6.42. The van der Waals surface area contributed by atoms with E-state index in [0.29, 0.717) is 24.0 Å². The minimum absolute atomic E-state index is 0.0523. The summed E-state index contributed by atoms with van der Waals surface area (Å²) in [6.07, 6.45) is 0.733. The van der Waals surface area contributed by atoms with E-state index < -0.39 is 0 Å². The lowest BCUT2D eigenvalue weighted by Gasteiger charge is -2.15. The van der Waals surface area contributed by atoms with E-state index in [1.165, 1.54) is 4.88 Å². The highest BCUT2D eigenvalue weighted by Crippen LogP contribution is 2.37. The van der Waals surface area contributed by atoms with Gasteiger partial charge in [-0.1, -0.05) is 25.6 Å². The van der Waals surface area contributed by atoms with Crippen molar-refractivity contribution in [3.63, 3.8) is 0 Å². The number of anilines is 1. The molecular formula is C19H27N7OS2. The van der Waals surface area contributed by atoms with Crippen LogP contribution in [0.2, 0.25) is 0 Å². The van der Waals surface area contributed by atoms with E-state index in [2.05, 4.69) is 40.5 Å². The molecule has 4 N–H and O–H groups in total. The molecule has 0 radical (unpaired) electrons. The number of primary amides is 1. The number of hydrogen-bond donors (Lipinski definition) is 2. The number of nitrogens with zero attached hydrogens (tertiary/aromatic N) is 5. The number of aromatic nitrogens is 5. The number of carbonyl (C=O) groups is 1. The molecule has 0 bridgehead atoms. The van der Waals surface area contributed by atoms with Crippen LogP contribution in [-0.4, -0.2) is 30.6 Å². The monoisotopic (exact) mass is 433 g/mol. The largest absolute Gasteiger partial charge is 0.383 e. The predicted octanol–water partition coefficient (Wildman–Crippen LogP) is 3.41. The molecule has 8 nitrogen and oxygen atoms in total. The minimum Gasteiger partial charge on any atom is -0.383 e. The summed E-state index contributed by atoms with van der Waals surface area (Å²) in [5.41, 5.74) is 12.7. The Morgan fingerprint density at radius 2 is 1.93 bits per heavy atom. The number of hydrogen-bond acceptors (Lipinski definition) is 8. The molecule has 0 aromatic carbocycles. The maximum Gasteiger partial charge on any atom is 0.217 e. The number of carbonyl (C=O) groups excluding carboxylic acids is 1. The second kappa shape index (κ2) is 8.66. The topological polar surface area (TPSA) is 126 Å². The van der Waals surface area contributed by atoms with Crippen molar-refractivity contribution in [3.05, 3.63) is 22.1 Å². The number of nitrogen functional groups attached to an aromatic ring is 1. The third-order valence-corrected chi connectivity index (χ3v) is 6.83. The van der Waals surface area contributed by atoms with Gasteiger partial charge < -0.3 is 16.0 Å². The molecule has 1 unspecified atom stereocenters. The van der Waals surface area contributed by atoms with Gasteiger partial charge in [-0.05, 0) is 32.3 Å². The Morgan fingerprint density at radius 3 is 2.59 bits per heavy atom. The van der Waals surface area contributed by atoms with Crippen LogP contribution in [0.25, 0.3) is 10.2 Å². The molecular weight excluding hydrogens is 406 g/mol. The van der Waals surface area contributed by atoms with E-state index in [1.54, 1.807) is 23.1 Å². The van der Waals surface area contributed by atoms with Crippen LogP contribution in [0.3, 0.4) is 0 Å². The fourth-order valence-electron chi connectivity index (χ4n) is 3.07. The molecule has 3 rings (SSSR count). The molecule has 3 aromatic heterocycles. The smallest absolute Gasteiger partial charge is 0.217 e. The van der Waals surface area contributed by atoms with Crippen LogP contribution >= 0.6 is 23.1 Å². The van der Waals surface area contributed by atoms with E-state index in [0.717, 1.165) is 33.3 Å². The van der Waals surface area contributed by atoms with E-state index >= 15 is 0 Å². The summed E-state index contributed by atoms with van der Waals surface area (Å²) in [4.78, 5) is 22.6. The second-order valence-corrected chi connectivity index (χ2v) is 10.1. The van der Waals surface area contributed by atoms with E-state index in [9.17, 15) is 4.79 Å². The quantitative estimate of drug-likeness (QED) is 0.521. The van der Waals surface area contributed by atoms with Gasteiger partial charge in [0.25, 0.3) is 0 Å². The van der Waals surface area contributed by atoms with Gasteiger partial charge in [0, 0.05) is 24.3 Å². The fourth-order valence-corrected chi connectivity index (χ4v) is 5.03. The first-order chi connectivity index (χ1) is 13.7. The summed E-state index contributed by atoms with van der Waals surface area (Å²) < 4.78 is 2.07. The standard InChI is InChI=1S/C19H27N7OS2/c1-9(2)8-26-14(7-6-13(20)27)24-25-19(26)29-12(5)17-22-16(21)15-10(3)11(4)28-18(15)23-17/h9,12H,6-8H2,1-5H3,(H2,20,27)(H2,21,22,23). The molecule has 10 heteroatoms. The van der Waals surface area contributed by atoms with Crippen LogP contribution in [0, 0.1) is 19.8 Å². The first-order valence-electron chi connectivity index (χ1n) is 9.57. The maximum atomic E-state index is 11.2. The van der Waals surface area contributed by atoms with Crippen molar-refractivity contribution in [2.24, 2.45) is 11.7 Å². The van der Waals surface area contributed by atoms with Crippen molar-refractivity contribution in [1.29, 1.82) is 0 Å². The zero-order chi connectivity index (χ0) is 21.3. The molecule has 0 aliphatic rings. The Bertz CT molecular complexity index is 1040. The van der Waals surface area contributed by atoms with Gasteiger partial charge in [0.05, 0.1) is 10.6 Å². The average Bonchev–Trinajstić information content (AvgIpc) is 3.13. The molecule has 0 fully saturated rings. The molecule has 156 valence electrons. The van der Waals surface area contributed by atoms with Gasteiger partial charge in [-0.2, -0.15) is 0 Å². The van der Waals surface area contributed by atoms with E-state index in [-0.39, 0.29) is 17.6 Å². The lowest BCUT2D eigenvalue weighted by molar-refractivity contribution is -0.118. The SMILES string of the molecule is Cc1sc2nc(C(C)Sc3nnc(CCC(N)=O)n3CC(C)C)nc(N)c2c1C. The molecule has 0 spiro atoms. The molecule has 0 aliphatic heterocycles. The average molecular weight is 434 g/mol. The number of rotatable bonds is 8. The van der Waals surface area contributed by atoms with Gasteiger partial charge in [-0.3, -0.25) is 4.79 Å². The highest BCUT2D eigenvalue weighted by Gasteiger charge is 2.21. The Labute approximate surface area is 178 Å². The van der Waals surface area contributed by atoms with Gasteiger partial charge in [0.15, 0.2) is 5.16 Å². The lowest BCUT2D eigenvalue weighted by atomic mass is 10.2. The van der Waals surface area contributed by atoms with Crippen LogP contribution in [0.4, 0.5) is 5.82 Å². The van der Waals surface area contributed by atoms with E-state index in [1.807, 2.05) is 13.8 Å². The van der Waals surface area contributed by atoms with E-state index in [4.69, 9.17) is 16.5 Å². The van der Waals surface area contributed by atoms with Crippen molar-refractivity contribution in [2.75, 3.05) is 5.73 Å². The number of thiophene rings is 1. The third kappa shape index (κ3) is 4.69. The summed E-state index contributed by atoms with van der Waals surface area (Å²) >= 11 is 3.18. The highest BCUT2D eigenvalue weighted by atomic mass is 32.2. The Morgan fingerprint density at radius 1 is 1.21 bits per heavy atom. The number of aryl methyl sites for hydroxylation is 3. The molecule has 29 heavy (non-hydrogen) atoms. The number of nitrogens with two attached hydrogens (primary N) is 2. The summed E-state index contributed by atoms with van der Waals surface area (Å²) in [5, 5.41) is 10.3. The zero-order valence-corrected chi connectivity index (χ0v) is 19.0. The van der Waals surface area contributed by atoms with Crippen molar-refractivity contribution in [3.8, 4) is 0 Å². The maximum absolute atomic E-state index is 11.2. The zero-order valence-electron chi connectivity index (χ0n) is 17.4. The molecule has 0 saturated heterocycles.